The summed E-state index contributed by atoms with van der Waals surface area (Å²) in [6.45, 7) is 1.95. The number of hydrogen-bond donors (Lipinski definition) is 3. The Morgan fingerprint density at radius 1 is 1.02 bits per heavy atom. The van der Waals surface area contributed by atoms with E-state index in [0.717, 1.165) is 36.7 Å². The second-order valence-corrected chi connectivity index (χ2v) is 9.97. The van der Waals surface area contributed by atoms with Crippen molar-refractivity contribution in [3.05, 3.63) is 94.5 Å². The van der Waals surface area contributed by atoms with Crippen molar-refractivity contribution < 1.29 is 18.3 Å². The second kappa shape index (κ2) is 11.4. The summed E-state index contributed by atoms with van der Waals surface area (Å²) >= 11 is 0. The average molecular weight is 573 g/mol. The molecule has 1 aliphatic rings. The van der Waals surface area contributed by atoms with Crippen LogP contribution in [0.2, 0.25) is 0 Å². The third-order valence-electron chi connectivity index (χ3n) is 7.05. The van der Waals surface area contributed by atoms with Crippen LogP contribution >= 0.6 is 0 Å². The van der Waals surface area contributed by atoms with Gasteiger partial charge in [-0.3, -0.25) is 14.7 Å². The zero-order chi connectivity index (χ0) is 29.2. The van der Waals surface area contributed by atoms with Crippen molar-refractivity contribution in [2.24, 2.45) is 0 Å². The van der Waals surface area contributed by atoms with E-state index in [1.165, 1.54) is 54.9 Å². The monoisotopic (exact) mass is 572 g/mol. The first kappa shape index (κ1) is 27.0. The van der Waals surface area contributed by atoms with Gasteiger partial charge in [-0.1, -0.05) is 0 Å². The SMILES string of the molecule is CN1CCC(Nc2n[nH]c3nccc(Oc4ccc(NC(=O)c5ccnn(-c6ccc(F)cc6)c5=O)cc4F)c23)CC1. The number of pyridine rings is 1. The summed E-state index contributed by atoms with van der Waals surface area (Å²) in [7, 11) is 2.09. The fourth-order valence-electron chi connectivity index (χ4n) is 4.79. The number of nitrogens with one attached hydrogen (secondary N) is 3. The molecule has 13 heteroatoms. The minimum Gasteiger partial charge on any atom is -0.453 e. The van der Waals surface area contributed by atoms with Gasteiger partial charge >= 0.3 is 0 Å². The fraction of sp³-hybridized carbons (Fsp3) is 0.207. The Kier molecular flexibility index (Phi) is 7.32. The number of benzene rings is 2. The molecular formula is C29H26F2N8O3. The number of amides is 1. The minimum absolute atomic E-state index is 0.0745. The van der Waals surface area contributed by atoms with E-state index in [9.17, 15) is 14.0 Å². The molecule has 2 aromatic carbocycles. The van der Waals surface area contributed by atoms with E-state index < -0.39 is 23.1 Å². The van der Waals surface area contributed by atoms with Gasteiger partial charge in [-0.25, -0.2) is 13.8 Å². The summed E-state index contributed by atoms with van der Waals surface area (Å²) in [5.74, 6) is -1.10. The second-order valence-electron chi connectivity index (χ2n) is 9.97. The predicted molar refractivity (Wildman–Crippen MR) is 152 cm³/mol. The highest BCUT2D eigenvalue weighted by molar-refractivity contribution is 6.04. The number of carbonyl (C=O) groups excluding carboxylic acids is 1. The Balaban J connectivity index is 1.20. The standard InChI is InChI=1S/C29H26F2N8O3/c1-38-14-10-18(11-15-38)34-27-25-24(9-12-32-26(25)36-37-27)42-23-7-4-19(16-22(23)31)35-28(40)21-8-13-33-39(29(21)41)20-5-2-17(30)3-6-20/h2-9,12-13,16,18H,10-11,14-15H2,1H3,(H,35,40)(H2,32,34,36,37). The summed E-state index contributed by atoms with van der Waals surface area (Å²) in [4.78, 5) is 32.4. The summed E-state index contributed by atoms with van der Waals surface area (Å²) in [6, 6.07) is 12.1. The van der Waals surface area contributed by atoms with Crippen LogP contribution in [0.4, 0.5) is 20.3 Å². The number of aromatic nitrogens is 5. The average Bonchev–Trinajstić information content (AvgIpc) is 3.40. The Morgan fingerprint density at radius 3 is 2.57 bits per heavy atom. The molecular weight excluding hydrogens is 546 g/mol. The number of fused-ring (bicyclic) bond motifs is 1. The highest BCUT2D eigenvalue weighted by atomic mass is 19.1. The van der Waals surface area contributed by atoms with Gasteiger partial charge in [-0.2, -0.15) is 14.9 Å². The molecule has 42 heavy (non-hydrogen) atoms. The maximum Gasteiger partial charge on any atom is 0.284 e. The highest BCUT2D eigenvalue weighted by Crippen LogP contribution is 2.35. The van der Waals surface area contributed by atoms with Gasteiger partial charge in [-0.05, 0) is 75.4 Å². The van der Waals surface area contributed by atoms with Gasteiger partial charge in [0.1, 0.15) is 22.5 Å². The summed E-state index contributed by atoms with van der Waals surface area (Å²) in [5, 5.41) is 17.8. The lowest BCUT2D eigenvalue weighted by Crippen LogP contribution is -2.36. The Hall–Kier alpha value is -5.17. The molecule has 0 unspecified atom stereocenters. The Labute approximate surface area is 238 Å². The normalized spacial score (nSPS) is 14.2. The lowest BCUT2D eigenvalue weighted by atomic mass is 10.1. The van der Waals surface area contributed by atoms with Gasteiger partial charge in [-0.15, -0.1) is 0 Å². The van der Waals surface area contributed by atoms with E-state index in [1.807, 2.05) is 0 Å². The van der Waals surface area contributed by atoms with E-state index in [4.69, 9.17) is 4.74 Å². The summed E-state index contributed by atoms with van der Waals surface area (Å²) in [5.41, 5.74) is -0.0402. The topological polar surface area (TPSA) is 130 Å². The number of anilines is 2. The Bertz CT molecular complexity index is 1810. The lowest BCUT2D eigenvalue weighted by Gasteiger charge is -2.29. The molecule has 0 atom stereocenters. The van der Waals surface area contributed by atoms with Crippen molar-refractivity contribution in [1.29, 1.82) is 0 Å². The maximum absolute atomic E-state index is 15.2. The van der Waals surface area contributed by atoms with Crippen LogP contribution < -0.4 is 20.9 Å². The molecule has 11 nitrogen and oxygen atoms in total. The number of nitrogens with zero attached hydrogens (tertiary/aromatic N) is 5. The molecule has 0 spiro atoms. The largest absolute Gasteiger partial charge is 0.453 e. The van der Waals surface area contributed by atoms with E-state index in [-0.39, 0.29) is 28.7 Å². The number of halogens is 2. The number of piperidine rings is 1. The molecule has 1 fully saturated rings. The third kappa shape index (κ3) is 5.54. The summed E-state index contributed by atoms with van der Waals surface area (Å²) < 4.78 is 35.4. The maximum atomic E-state index is 15.2. The van der Waals surface area contributed by atoms with Crippen molar-refractivity contribution in [2.75, 3.05) is 30.8 Å². The van der Waals surface area contributed by atoms with Crippen LogP contribution in [0.3, 0.4) is 0 Å². The number of H-pyrrole nitrogens is 1. The molecule has 6 rings (SSSR count). The van der Waals surface area contributed by atoms with Gasteiger partial charge < -0.3 is 20.3 Å². The molecule has 5 aromatic rings. The van der Waals surface area contributed by atoms with Crippen molar-refractivity contribution in [3.8, 4) is 17.2 Å². The van der Waals surface area contributed by atoms with Crippen LogP contribution in [0.25, 0.3) is 16.7 Å². The predicted octanol–water partition coefficient (Wildman–Crippen LogP) is 4.33. The molecule has 1 aliphatic heterocycles. The van der Waals surface area contributed by atoms with E-state index in [2.05, 4.69) is 42.9 Å². The smallest absolute Gasteiger partial charge is 0.284 e. The minimum atomic E-state index is -0.759. The summed E-state index contributed by atoms with van der Waals surface area (Å²) in [6.07, 6.45) is 4.73. The first-order chi connectivity index (χ1) is 20.4. The molecule has 0 aliphatic carbocycles. The third-order valence-corrected chi connectivity index (χ3v) is 7.05. The number of ether oxygens (including phenoxy) is 1. The fourth-order valence-corrected chi connectivity index (χ4v) is 4.79. The molecule has 4 heterocycles. The van der Waals surface area contributed by atoms with Crippen LogP contribution in [-0.2, 0) is 0 Å². The quantitative estimate of drug-likeness (QED) is 0.263. The number of rotatable bonds is 7. The van der Waals surface area contributed by atoms with E-state index in [1.54, 1.807) is 6.07 Å². The molecule has 3 aromatic heterocycles. The van der Waals surface area contributed by atoms with Crippen LogP contribution in [0.5, 0.6) is 11.5 Å². The first-order valence-corrected chi connectivity index (χ1v) is 13.3. The number of carbonyl (C=O) groups is 1. The molecule has 0 radical (unpaired) electrons. The van der Waals surface area contributed by atoms with Gasteiger partial charge in [0.15, 0.2) is 23.0 Å². The zero-order valence-corrected chi connectivity index (χ0v) is 22.5. The van der Waals surface area contributed by atoms with Crippen LogP contribution in [-0.4, -0.2) is 61.9 Å². The van der Waals surface area contributed by atoms with E-state index >= 15 is 4.39 Å². The van der Waals surface area contributed by atoms with Crippen molar-refractivity contribution in [2.45, 2.75) is 18.9 Å². The van der Waals surface area contributed by atoms with Crippen molar-refractivity contribution in [3.63, 3.8) is 0 Å². The Morgan fingerprint density at radius 2 is 1.81 bits per heavy atom. The van der Waals surface area contributed by atoms with E-state index in [0.29, 0.717) is 22.6 Å². The number of aromatic amines is 1. The van der Waals surface area contributed by atoms with Crippen molar-refractivity contribution >= 4 is 28.4 Å². The van der Waals surface area contributed by atoms with Gasteiger partial charge in [0.25, 0.3) is 11.5 Å². The van der Waals surface area contributed by atoms with Crippen LogP contribution in [0, 0.1) is 11.6 Å². The van der Waals surface area contributed by atoms with Crippen LogP contribution in [0.15, 0.2) is 71.8 Å². The van der Waals surface area contributed by atoms with Gasteiger partial charge in [0.05, 0.1) is 5.69 Å². The van der Waals surface area contributed by atoms with Crippen molar-refractivity contribution in [1.82, 2.24) is 29.9 Å². The molecule has 1 amide bonds. The molecule has 0 bridgehead atoms. The van der Waals surface area contributed by atoms with Crippen LogP contribution in [0.1, 0.15) is 23.2 Å². The highest BCUT2D eigenvalue weighted by Gasteiger charge is 2.21. The lowest BCUT2D eigenvalue weighted by molar-refractivity contribution is 0.102. The number of hydrogen-bond acceptors (Lipinski definition) is 8. The van der Waals surface area contributed by atoms with Gasteiger partial charge in [0, 0.05) is 36.3 Å². The molecule has 1 saturated heterocycles. The molecule has 3 N–H and O–H groups in total. The van der Waals surface area contributed by atoms with Gasteiger partial charge in [0.2, 0.25) is 0 Å². The molecule has 214 valence electrons. The number of likely N-dealkylation sites (tertiary alicyclic amines) is 1. The zero-order valence-electron chi connectivity index (χ0n) is 22.5. The molecule has 0 saturated carbocycles. The first-order valence-electron chi connectivity index (χ1n) is 13.3.